The Kier molecular flexibility index (Phi) is 7.49. The molecule has 0 aliphatic heterocycles. The molecular weight excluding hydrogens is 458 g/mol. The highest BCUT2D eigenvalue weighted by molar-refractivity contribution is 6.06. The van der Waals surface area contributed by atoms with Gasteiger partial charge in [0.05, 0.1) is 39.9 Å². The zero-order chi connectivity index (χ0) is 25.7. The molecule has 0 aliphatic rings. The van der Waals surface area contributed by atoms with Crippen LogP contribution in [0, 0.1) is 0 Å². The molecule has 1 amide bonds. The third-order valence-corrected chi connectivity index (χ3v) is 5.81. The van der Waals surface area contributed by atoms with Crippen LogP contribution in [0.4, 0.5) is 5.69 Å². The number of rotatable bonds is 9. The summed E-state index contributed by atoms with van der Waals surface area (Å²) >= 11 is 0. The summed E-state index contributed by atoms with van der Waals surface area (Å²) in [4.78, 5) is 12.9. The van der Waals surface area contributed by atoms with Crippen molar-refractivity contribution in [1.29, 1.82) is 0 Å². The second-order valence-electron chi connectivity index (χ2n) is 8.04. The molecule has 0 bridgehead atoms. The third kappa shape index (κ3) is 5.15. The van der Waals surface area contributed by atoms with Crippen LogP contribution in [0.1, 0.15) is 19.4 Å². The van der Waals surface area contributed by atoms with Gasteiger partial charge < -0.3 is 28.7 Å². The highest BCUT2D eigenvalue weighted by atomic mass is 16.5. The quantitative estimate of drug-likeness (QED) is 0.269. The van der Waals surface area contributed by atoms with E-state index in [1.165, 1.54) is 6.08 Å². The molecule has 7 nitrogen and oxygen atoms in total. The van der Waals surface area contributed by atoms with Crippen LogP contribution in [-0.4, -0.2) is 33.8 Å². The molecule has 0 saturated carbocycles. The molecule has 0 aliphatic carbocycles. The SMILES string of the molecule is CCOc1cc2occ(-c3ccc(OC)cc3)c2cc1/C(C)=C/C(=O)Nc1cc(OC)ccc1OC. The number of methoxy groups -OCH3 is 3. The number of ether oxygens (including phenoxy) is 4. The zero-order valence-electron chi connectivity index (χ0n) is 21.0. The molecule has 1 heterocycles. The predicted molar refractivity (Wildman–Crippen MR) is 141 cm³/mol. The Bertz CT molecular complexity index is 1400. The first-order valence-electron chi connectivity index (χ1n) is 11.5. The van der Waals surface area contributed by atoms with Gasteiger partial charge in [-0.25, -0.2) is 0 Å². The van der Waals surface area contributed by atoms with Gasteiger partial charge in [-0.2, -0.15) is 0 Å². The van der Waals surface area contributed by atoms with Gasteiger partial charge in [0.2, 0.25) is 5.91 Å². The van der Waals surface area contributed by atoms with Gasteiger partial charge in [-0.05, 0) is 55.3 Å². The van der Waals surface area contributed by atoms with Gasteiger partial charge in [0.25, 0.3) is 0 Å². The molecule has 36 heavy (non-hydrogen) atoms. The molecule has 0 radical (unpaired) electrons. The average molecular weight is 488 g/mol. The summed E-state index contributed by atoms with van der Waals surface area (Å²) in [6.45, 7) is 4.27. The minimum absolute atomic E-state index is 0.302. The number of hydrogen-bond acceptors (Lipinski definition) is 6. The molecule has 0 saturated heterocycles. The van der Waals surface area contributed by atoms with Gasteiger partial charge in [0.15, 0.2) is 0 Å². The lowest BCUT2D eigenvalue weighted by Crippen LogP contribution is -2.10. The largest absolute Gasteiger partial charge is 0.497 e. The van der Waals surface area contributed by atoms with E-state index in [1.54, 1.807) is 45.8 Å². The molecule has 4 rings (SSSR count). The van der Waals surface area contributed by atoms with E-state index >= 15 is 0 Å². The second-order valence-corrected chi connectivity index (χ2v) is 8.04. The number of anilines is 1. The van der Waals surface area contributed by atoms with Crippen molar-refractivity contribution in [1.82, 2.24) is 0 Å². The van der Waals surface area contributed by atoms with E-state index in [2.05, 4.69) is 5.32 Å². The monoisotopic (exact) mass is 487 g/mol. The van der Waals surface area contributed by atoms with Gasteiger partial charge in [-0.3, -0.25) is 4.79 Å². The minimum Gasteiger partial charge on any atom is -0.497 e. The van der Waals surface area contributed by atoms with E-state index < -0.39 is 0 Å². The number of nitrogens with one attached hydrogen (secondary N) is 1. The standard InChI is InChI=1S/C29H29NO6/c1-6-35-27-16-28-23(24(17-36-28)19-7-9-20(32-3)10-8-19)15-22(27)18(2)13-29(31)30-25-14-21(33-4)11-12-26(25)34-5/h7-17H,6H2,1-5H3,(H,30,31)/b18-13+. The number of hydrogen-bond donors (Lipinski definition) is 1. The molecule has 1 N–H and O–H groups in total. The number of carbonyl (C=O) groups is 1. The summed E-state index contributed by atoms with van der Waals surface area (Å²) in [5.74, 6) is 2.27. The molecule has 0 atom stereocenters. The number of allylic oxidation sites excluding steroid dienone is 1. The minimum atomic E-state index is -0.302. The fraction of sp³-hybridized carbons (Fsp3) is 0.207. The zero-order valence-corrected chi connectivity index (χ0v) is 21.0. The van der Waals surface area contributed by atoms with Gasteiger partial charge in [0.1, 0.15) is 28.6 Å². The van der Waals surface area contributed by atoms with Crippen LogP contribution >= 0.6 is 0 Å². The van der Waals surface area contributed by atoms with Crippen molar-refractivity contribution >= 4 is 28.1 Å². The van der Waals surface area contributed by atoms with Gasteiger partial charge >= 0.3 is 0 Å². The number of amides is 1. The Hall–Kier alpha value is -4.39. The summed E-state index contributed by atoms with van der Waals surface area (Å²) in [5.41, 5.74) is 4.69. The molecular formula is C29H29NO6. The Morgan fingerprint density at radius 1 is 0.917 bits per heavy atom. The molecule has 3 aromatic carbocycles. The van der Waals surface area contributed by atoms with Crippen molar-refractivity contribution in [2.45, 2.75) is 13.8 Å². The number of fused-ring (bicyclic) bond motifs is 1. The smallest absolute Gasteiger partial charge is 0.248 e. The van der Waals surface area contributed by atoms with E-state index in [0.29, 0.717) is 35.1 Å². The van der Waals surface area contributed by atoms with Crippen LogP contribution in [0.15, 0.2) is 71.4 Å². The second kappa shape index (κ2) is 10.9. The normalized spacial score (nSPS) is 11.3. The van der Waals surface area contributed by atoms with Crippen LogP contribution in [0.2, 0.25) is 0 Å². The lowest BCUT2D eigenvalue weighted by Gasteiger charge is -2.13. The van der Waals surface area contributed by atoms with E-state index in [9.17, 15) is 4.79 Å². The maximum absolute atomic E-state index is 12.9. The predicted octanol–water partition coefficient (Wildman–Crippen LogP) is 6.57. The molecule has 7 heteroatoms. The van der Waals surface area contributed by atoms with E-state index in [0.717, 1.165) is 33.4 Å². The van der Waals surface area contributed by atoms with E-state index in [1.807, 2.05) is 50.2 Å². The molecule has 0 spiro atoms. The highest BCUT2D eigenvalue weighted by Crippen LogP contribution is 2.38. The van der Waals surface area contributed by atoms with Crippen molar-refractivity contribution in [2.24, 2.45) is 0 Å². The molecule has 0 unspecified atom stereocenters. The summed E-state index contributed by atoms with van der Waals surface area (Å²) < 4.78 is 27.7. The average Bonchev–Trinajstić information content (AvgIpc) is 3.31. The van der Waals surface area contributed by atoms with E-state index in [4.69, 9.17) is 23.4 Å². The fourth-order valence-electron chi connectivity index (χ4n) is 3.99. The maximum atomic E-state index is 12.9. The Morgan fingerprint density at radius 3 is 2.31 bits per heavy atom. The highest BCUT2D eigenvalue weighted by Gasteiger charge is 2.16. The summed E-state index contributed by atoms with van der Waals surface area (Å²) in [5, 5.41) is 3.79. The maximum Gasteiger partial charge on any atom is 0.248 e. The van der Waals surface area contributed by atoms with E-state index in [-0.39, 0.29) is 5.91 Å². The van der Waals surface area contributed by atoms with Crippen molar-refractivity contribution in [2.75, 3.05) is 33.3 Å². The third-order valence-electron chi connectivity index (χ3n) is 5.81. The van der Waals surface area contributed by atoms with Crippen LogP contribution in [-0.2, 0) is 4.79 Å². The van der Waals surface area contributed by atoms with Crippen molar-refractivity contribution in [3.05, 3.63) is 72.5 Å². The molecule has 186 valence electrons. The van der Waals surface area contributed by atoms with Crippen LogP contribution in [0.3, 0.4) is 0 Å². The van der Waals surface area contributed by atoms with Crippen LogP contribution < -0.4 is 24.3 Å². The van der Waals surface area contributed by atoms with Crippen LogP contribution in [0.5, 0.6) is 23.0 Å². The lowest BCUT2D eigenvalue weighted by atomic mass is 9.99. The van der Waals surface area contributed by atoms with Gasteiger partial charge in [-0.1, -0.05) is 12.1 Å². The Balaban J connectivity index is 1.71. The summed E-state index contributed by atoms with van der Waals surface area (Å²) in [7, 11) is 4.76. The molecule has 1 aromatic heterocycles. The first-order chi connectivity index (χ1) is 17.5. The molecule has 0 fully saturated rings. The van der Waals surface area contributed by atoms with Gasteiger partial charge in [0, 0.05) is 34.7 Å². The van der Waals surface area contributed by atoms with Crippen molar-refractivity contribution in [3.8, 4) is 34.1 Å². The summed E-state index contributed by atoms with van der Waals surface area (Å²) in [6.07, 6.45) is 3.27. The first-order valence-corrected chi connectivity index (χ1v) is 11.5. The topological polar surface area (TPSA) is 79.2 Å². The number of furan rings is 1. The fourth-order valence-corrected chi connectivity index (χ4v) is 3.99. The molecule has 4 aromatic rings. The van der Waals surface area contributed by atoms with Crippen molar-refractivity contribution < 1.29 is 28.2 Å². The van der Waals surface area contributed by atoms with Gasteiger partial charge in [-0.15, -0.1) is 0 Å². The first kappa shape index (κ1) is 24.7. The number of carbonyl (C=O) groups excluding carboxylic acids is 1. The van der Waals surface area contributed by atoms with Crippen molar-refractivity contribution in [3.63, 3.8) is 0 Å². The number of benzene rings is 3. The lowest BCUT2D eigenvalue weighted by molar-refractivity contribution is -0.111. The summed E-state index contributed by atoms with van der Waals surface area (Å²) in [6, 6.07) is 16.9. The Morgan fingerprint density at radius 2 is 1.64 bits per heavy atom. The van der Waals surface area contributed by atoms with Crippen LogP contribution in [0.25, 0.3) is 27.7 Å². The Labute approximate surface area is 210 Å².